The number of benzene rings is 2. The molecule has 0 saturated heterocycles. The van der Waals surface area contributed by atoms with Gasteiger partial charge >= 0.3 is 0 Å². The summed E-state index contributed by atoms with van der Waals surface area (Å²) in [4.78, 5) is 24.6. The summed E-state index contributed by atoms with van der Waals surface area (Å²) >= 11 is 1.35. The minimum absolute atomic E-state index is 0.0127. The summed E-state index contributed by atoms with van der Waals surface area (Å²) in [7, 11) is 0. The van der Waals surface area contributed by atoms with Crippen molar-refractivity contribution in [2.45, 2.75) is 13.8 Å². The zero-order valence-electron chi connectivity index (χ0n) is 15.8. The van der Waals surface area contributed by atoms with E-state index in [1.54, 1.807) is 18.2 Å². The number of nitro benzene ring substituents is 1. The summed E-state index contributed by atoms with van der Waals surface area (Å²) in [6.45, 7) is 3.78. The molecule has 6 nitrogen and oxygen atoms in total. The van der Waals surface area contributed by atoms with E-state index in [-0.39, 0.29) is 11.3 Å². The summed E-state index contributed by atoms with van der Waals surface area (Å²) in [5.74, 6) is -0.477. The van der Waals surface area contributed by atoms with Gasteiger partial charge in [-0.3, -0.25) is 14.9 Å². The van der Waals surface area contributed by atoms with Crippen molar-refractivity contribution in [2.24, 2.45) is 0 Å². The van der Waals surface area contributed by atoms with Gasteiger partial charge in [0.15, 0.2) is 0 Å². The summed E-state index contributed by atoms with van der Waals surface area (Å²) in [6, 6.07) is 17.6. The number of amides is 1. The maximum absolute atomic E-state index is 12.6. The molecule has 7 heteroatoms. The highest BCUT2D eigenvalue weighted by molar-refractivity contribution is 7.16. The van der Waals surface area contributed by atoms with Crippen LogP contribution in [0.5, 0.6) is 0 Å². The highest BCUT2D eigenvalue weighted by Crippen LogP contribution is 2.31. The molecule has 0 radical (unpaired) electrons. The molecule has 1 heterocycles. The first kappa shape index (κ1) is 20.0. The lowest BCUT2D eigenvalue weighted by atomic mass is 10.1. The molecule has 0 fully saturated rings. The summed E-state index contributed by atoms with van der Waals surface area (Å²) < 4.78 is 0. The van der Waals surface area contributed by atoms with Gasteiger partial charge in [-0.2, -0.15) is 5.26 Å². The van der Waals surface area contributed by atoms with Crippen LogP contribution in [-0.2, 0) is 4.79 Å². The molecule has 0 bridgehead atoms. The van der Waals surface area contributed by atoms with E-state index in [1.165, 1.54) is 29.5 Å². The number of anilines is 1. The Morgan fingerprint density at radius 3 is 2.48 bits per heavy atom. The molecule has 0 spiro atoms. The minimum Gasteiger partial charge on any atom is -0.321 e. The van der Waals surface area contributed by atoms with Gasteiger partial charge in [-0.15, -0.1) is 11.3 Å². The number of rotatable bonds is 5. The fourth-order valence-electron chi connectivity index (χ4n) is 2.84. The number of nitriles is 1. The molecule has 0 saturated carbocycles. The van der Waals surface area contributed by atoms with Crippen LogP contribution in [0.2, 0.25) is 0 Å². The molecule has 0 unspecified atom stereocenters. The number of hydrogen-bond acceptors (Lipinski definition) is 5. The van der Waals surface area contributed by atoms with Crippen LogP contribution < -0.4 is 5.32 Å². The molecule has 3 aromatic rings. The highest BCUT2D eigenvalue weighted by atomic mass is 32.1. The SMILES string of the molecule is Cc1cccc(C)c1NC(=O)/C(C#N)=C/c1ccc(-c2cccc([N+](=O)[O-])c2)s1. The Balaban J connectivity index is 1.85. The molecule has 1 amide bonds. The summed E-state index contributed by atoms with van der Waals surface area (Å²) in [5, 5.41) is 23.2. The predicted molar refractivity (Wildman–Crippen MR) is 115 cm³/mol. The monoisotopic (exact) mass is 403 g/mol. The fourth-order valence-corrected chi connectivity index (χ4v) is 3.79. The van der Waals surface area contributed by atoms with Crippen LogP contribution in [0.4, 0.5) is 11.4 Å². The number of non-ortho nitro benzene ring substituents is 1. The Morgan fingerprint density at radius 1 is 1.14 bits per heavy atom. The van der Waals surface area contributed by atoms with Crippen molar-refractivity contribution in [3.63, 3.8) is 0 Å². The lowest BCUT2D eigenvalue weighted by Gasteiger charge is -2.10. The van der Waals surface area contributed by atoms with Gasteiger partial charge in [0.05, 0.1) is 4.92 Å². The number of nitro groups is 1. The number of para-hydroxylation sites is 1. The number of nitrogens with zero attached hydrogens (tertiary/aromatic N) is 2. The van der Waals surface area contributed by atoms with Crippen molar-refractivity contribution in [3.05, 3.63) is 86.3 Å². The third kappa shape index (κ3) is 4.57. The first-order chi connectivity index (χ1) is 13.9. The van der Waals surface area contributed by atoms with E-state index in [0.717, 1.165) is 16.0 Å². The van der Waals surface area contributed by atoms with Gasteiger partial charge in [-0.25, -0.2) is 0 Å². The summed E-state index contributed by atoms with van der Waals surface area (Å²) in [5.41, 5.74) is 3.24. The van der Waals surface area contributed by atoms with Gasteiger partial charge in [-0.05, 0) is 48.7 Å². The van der Waals surface area contributed by atoms with Gasteiger partial charge in [0.1, 0.15) is 11.6 Å². The molecule has 3 rings (SSSR count). The van der Waals surface area contributed by atoms with E-state index in [9.17, 15) is 20.2 Å². The van der Waals surface area contributed by atoms with Crippen molar-refractivity contribution in [3.8, 4) is 16.5 Å². The van der Waals surface area contributed by atoms with Crippen molar-refractivity contribution in [1.29, 1.82) is 5.26 Å². The molecule has 0 atom stereocenters. The van der Waals surface area contributed by atoms with Crippen LogP contribution in [0.15, 0.2) is 60.2 Å². The second-order valence-electron chi connectivity index (χ2n) is 6.40. The molecular formula is C22H17N3O3S. The van der Waals surface area contributed by atoms with E-state index in [4.69, 9.17) is 0 Å². The van der Waals surface area contributed by atoms with Gasteiger partial charge in [-0.1, -0.05) is 30.3 Å². The first-order valence-electron chi connectivity index (χ1n) is 8.73. The zero-order chi connectivity index (χ0) is 21.0. The molecule has 144 valence electrons. The normalized spacial score (nSPS) is 11.0. The Morgan fingerprint density at radius 2 is 1.83 bits per heavy atom. The van der Waals surface area contributed by atoms with Crippen molar-refractivity contribution in [1.82, 2.24) is 0 Å². The first-order valence-corrected chi connectivity index (χ1v) is 9.54. The number of thiophene rings is 1. The molecular weight excluding hydrogens is 386 g/mol. The fraction of sp³-hybridized carbons (Fsp3) is 0.0909. The zero-order valence-corrected chi connectivity index (χ0v) is 16.6. The second kappa shape index (κ2) is 8.50. The number of nitrogens with one attached hydrogen (secondary N) is 1. The largest absolute Gasteiger partial charge is 0.321 e. The Labute approximate surface area is 171 Å². The standard InChI is InChI=1S/C22H17N3O3S/c1-14-5-3-6-15(2)21(14)24-22(26)17(13-23)12-19-9-10-20(29-19)16-7-4-8-18(11-16)25(27)28/h3-12H,1-2H3,(H,24,26)/b17-12+. The maximum atomic E-state index is 12.6. The summed E-state index contributed by atoms with van der Waals surface area (Å²) in [6.07, 6.45) is 1.52. The number of aryl methyl sites for hydroxylation is 2. The highest BCUT2D eigenvalue weighted by Gasteiger charge is 2.14. The lowest BCUT2D eigenvalue weighted by Crippen LogP contribution is -2.15. The van der Waals surface area contributed by atoms with Crippen LogP contribution in [0, 0.1) is 35.3 Å². The van der Waals surface area contributed by atoms with E-state index in [2.05, 4.69) is 5.32 Å². The predicted octanol–water partition coefficient (Wildman–Crippen LogP) is 5.49. The lowest BCUT2D eigenvalue weighted by molar-refractivity contribution is -0.384. The van der Waals surface area contributed by atoms with Crippen LogP contribution in [0.1, 0.15) is 16.0 Å². The molecule has 0 aliphatic heterocycles. The average molecular weight is 403 g/mol. The van der Waals surface area contributed by atoms with E-state index in [0.29, 0.717) is 16.1 Å². The Kier molecular flexibility index (Phi) is 5.86. The van der Waals surface area contributed by atoms with Crippen LogP contribution in [-0.4, -0.2) is 10.8 Å². The molecule has 29 heavy (non-hydrogen) atoms. The van der Waals surface area contributed by atoms with E-state index in [1.807, 2.05) is 44.2 Å². The molecule has 0 aliphatic rings. The second-order valence-corrected chi connectivity index (χ2v) is 7.52. The molecule has 0 aliphatic carbocycles. The van der Waals surface area contributed by atoms with Gasteiger partial charge < -0.3 is 5.32 Å². The van der Waals surface area contributed by atoms with Gasteiger partial charge in [0.25, 0.3) is 11.6 Å². The van der Waals surface area contributed by atoms with Crippen molar-refractivity contribution >= 4 is 34.7 Å². The van der Waals surface area contributed by atoms with Gasteiger partial charge in [0.2, 0.25) is 0 Å². The van der Waals surface area contributed by atoms with Crippen molar-refractivity contribution in [2.75, 3.05) is 5.32 Å². The number of carbonyl (C=O) groups is 1. The van der Waals surface area contributed by atoms with Crippen LogP contribution in [0.3, 0.4) is 0 Å². The van der Waals surface area contributed by atoms with Gasteiger partial charge in [0, 0.05) is 27.6 Å². The Bertz CT molecular complexity index is 1150. The third-order valence-electron chi connectivity index (χ3n) is 4.34. The minimum atomic E-state index is -0.477. The molecule has 1 N–H and O–H groups in total. The average Bonchev–Trinajstić information content (AvgIpc) is 3.17. The molecule has 2 aromatic carbocycles. The Hall–Kier alpha value is -3.76. The van der Waals surface area contributed by atoms with Crippen molar-refractivity contribution < 1.29 is 9.72 Å². The van der Waals surface area contributed by atoms with E-state index < -0.39 is 10.8 Å². The third-order valence-corrected chi connectivity index (χ3v) is 5.42. The number of carbonyl (C=O) groups excluding carboxylic acids is 1. The molecule has 1 aromatic heterocycles. The topological polar surface area (TPSA) is 96.0 Å². The van der Waals surface area contributed by atoms with Crippen LogP contribution in [0.25, 0.3) is 16.5 Å². The maximum Gasteiger partial charge on any atom is 0.270 e. The quantitative estimate of drug-likeness (QED) is 0.264. The van der Waals surface area contributed by atoms with Crippen LogP contribution >= 0.6 is 11.3 Å². The smallest absolute Gasteiger partial charge is 0.270 e. The van der Waals surface area contributed by atoms with E-state index >= 15 is 0 Å². The number of hydrogen-bond donors (Lipinski definition) is 1.